The highest BCUT2D eigenvalue weighted by molar-refractivity contribution is 7.80. The summed E-state index contributed by atoms with van der Waals surface area (Å²) in [5.74, 6) is 2.71. The summed E-state index contributed by atoms with van der Waals surface area (Å²) < 4.78 is 5.21. The van der Waals surface area contributed by atoms with Gasteiger partial charge < -0.3 is 20.7 Å². The molecule has 4 saturated carbocycles. The second-order valence-electron chi connectivity index (χ2n) is 9.01. The van der Waals surface area contributed by atoms with Gasteiger partial charge in [-0.05, 0) is 89.3 Å². The number of hydrogen-bond donors (Lipinski definition) is 3. The van der Waals surface area contributed by atoms with E-state index in [1.807, 2.05) is 20.8 Å². The number of amides is 1. The van der Waals surface area contributed by atoms with Crippen LogP contribution in [0.25, 0.3) is 0 Å². The highest BCUT2D eigenvalue weighted by atomic mass is 32.1. The third-order valence-electron chi connectivity index (χ3n) is 5.50. The van der Waals surface area contributed by atoms with Crippen LogP contribution in [0.4, 0.5) is 4.79 Å². The van der Waals surface area contributed by atoms with Gasteiger partial charge in [-0.15, -0.1) is 0 Å². The third kappa shape index (κ3) is 4.52. The number of rotatable bonds is 4. The normalized spacial score (nSPS) is 33.9. The van der Waals surface area contributed by atoms with Crippen LogP contribution in [0.2, 0.25) is 0 Å². The van der Waals surface area contributed by atoms with E-state index in [0.717, 1.165) is 22.9 Å². The molecule has 5 nitrogen and oxygen atoms in total. The van der Waals surface area contributed by atoms with Crippen LogP contribution < -0.4 is 16.0 Å². The van der Waals surface area contributed by atoms with Crippen LogP contribution in [0.3, 0.4) is 0 Å². The summed E-state index contributed by atoms with van der Waals surface area (Å²) >= 11 is 5.49. The Morgan fingerprint density at radius 2 is 1.54 bits per heavy atom. The lowest BCUT2D eigenvalue weighted by Crippen LogP contribution is -2.61. The van der Waals surface area contributed by atoms with Gasteiger partial charge in [-0.2, -0.15) is 0 Å². The van der Waals surface area contributed by atoms with Crippen molar-refractivity contribution in [3.63, 3.8) is 0 Å². The van der Waals surface area contributed by atoms with Crippen LogP contribution in [-0.2, 0) is 4.74 Å². The van der Waals surface area contributed by atoms with Crippen molar-refractivity contribution in [3.8, 4) is 0 Å². The van der Waals surface area contributed by atoms with Crippen LogP contribution in [0.15, 0.2) is 0 Å². The fraction of sp³-hybridized carbons (Fsp3) is 0.889. The lowest BCUT2D eigenvalue weighted by Gasteiger charge is -2.57. The average molecular weight is 354 g/mol. The van der Waals surface area contributed by atoms with Gasteiger partial charge in [-0.3, -0.25) is 0 Å². The summed E-state index contributed by atoms with van der Waals surface area (Å²) in [6.07, 6.45) is 7.73. The molecule has 0 radical (unpaired) electrons. The Labute approximate surface area is 150 Å². The number of nitrogens with one attached hydrogen (secondary N) is 3. The lowest BCUT2D eigenvalue weighted by molar-refractivity contribution is -0.0101. The second kappa shape index (κ2) is 6.70. The quantitative estimate of drug-likeness (QED) is 0.536. The minimum absolute atomic E-state index is 0.234. The van der Waals surface area contributed by atoms with E-state index in [0.29, 0.717) is 13.1 Å². The zero-order valence-corrected chi connectivity index (χ0v) is 15.9. The van der Waals surface area contributed by atoms with Crippen molar-refractivity contribution in [1.29, 1.82) is 0 Å². The molecular weight excluding hydrogens is 322 g/mol. The molecule has 6 heteroatoms. The molecule has 24 heavy (non-hydrogen) atoms. The van der Waals surface area contributed by atoms with Crippen LogP contribution in [0.1, 0.15) is 59.3 Å². The van der Waals surface area contributed by atoms with Gasteiger partial charge >= 0.3 is 6.09 Å². The van der Waals surface area contributed by atoms with Gasteiger partial charge in [0.05, 0.1) is 0 Å². The van der Waals surface area contributed by atoms with E-state index in [-0.39, 0.29) is 11.6 Å². The molecule has 1 amide bonds. The SMILES string of the molecule is CC(C)(C)OC(=O)NCCNC(=S)NC12CC3CC(CC(C3)C1)C2. The van der Waals surface area contributed by atoms with Crippen molar-refractivity contribution >= 4 is 23.4 Å². The number of carbonyl (C=O) groups is 1. The smallest absolute Gasteiger partial charge is 0.407 e. The summed E-state index contributed by atoms with van der Waals surface area (Å²) in [4.78, 5) is 11.6. The monoisotopic (exact) mass is 353 g/mol. The Bertz CT molecular complexity index is 466. The predicted octanol–water partition coefficient (Wildman–Crippen LogP) is 2.94. The summed E-state index contributed by atoms with van der Waals surface area (Å²) in [5.41, 5.74) is -0.232. The summed E-state index contributed by atoms with van der Waals surface area (Å²) in [7, 11) is 0. The van der Waals surface area contributed by atoms with Crippen molar-refractivity contribution < 1.29 is 9.53 Å². The molecule has 0 heterocycles. The molecule has 0 aromatic rings. The Hall–Kier alpha value is -1.04. The van der Waals surface area contributed by atoms with Crippen molar-refractivity contribution in [2.24, 2.45) is 17.8 Å². The van der Waals surface area contributed by atoms with E-state index in [2.05, 4.69) is 16.0 Å². The van der Waals surface area contributed by atoms with E-state index in [1.165, 1.54) is 38.5 Å². The van der Waals surface area contributed by atoms with Crippen LogP contribution in [0.5, 0.6) is 0 Å². The first-order valence-corrected chi connectivity index (χ1v) is 9.67. The molecule has 0 spiro atoms. The Morgan fingerprint density at radius 1 is 1.04 bits per heavy atom. The molecule has 3 N–H and O–H groups in total. The average Bonchev–Trinajstić information content (AvgIpc) is 2.39. The number of carbonyl (C=O) groups excluding carboxylic acids is 1. The number of ether oxygens (including phenoxy) is 1. The van der Waals surface area contributed by atoms with Crippen molar-refractivity contribution in [2.75, 3.05) is 13.1 Å². The minimum atomic E-state index is -0.465. The van der Waals surface area contributed by atoms with Gasteiger partial charge in [0.25, 0.3) is 0 Å². The molecule has 0 saturated heterocycles. The van der Waals surface area contributed by atoms with Gasteiger partial charge in [0, 0.05) is 18.6 Å². The number of hydrogen-bond acceptors (Lipinski definition) is 3. The van der Waals surface area contributed by atoms with Crippen molar-refractivity contribution in [2.45, 2.75) is 70.4 Å². The first kappa shape index (κ1) is 17.8. The third-order valence-corrected chi connectivity index (χ3v) is 5.74. The van der Waals surface area contributed by atoms with Gasteiger partial charge in [-0.1, -0.05) is 0 Å². The predicted molar refractivity (Wildman–Crippen MR) is 98.9 cm³/mol. The lowest BCUT2D eigenvalue weighted by atomic mass is 9.53. The molecule has 4 fully saturated rings. The van der Waals surface area contributed by atoms with Crippen LogP contribution in [0, 0.1) is 17.8 Å². The van der Waals surface area contributed by atoms with Gasteiger partial charge in [0.15, 0.2) is 5.11 Å². The van der Waals surface area contributed by atoms with E-state index in [9.17, 15) is 4.79 Å². The van der Waals surface area contributed by atoms with Crippen molar-refractivity contribution in [1.82, 2.24) is 16.0 Å². The van der Waals surface area contributed by atoms with Gasteiger partial charge in [0.2, 0.25) is 0 Å². The van der Waals surface area contributed by atoms with Gasteiger partial charge in [-0.25, -0.2) is 4.79 Å². The van der Waals surface area contributed by atoms with Gasteiger partial charge in [0.1, 0.15) is 5.60 Å². The summed E-state index contributed by atoms with van der Waals surface area (Å²) in [5, 5.41) is 10.3. The zero-order valence-electron chi connectivity index (χ0n) is 15.1. The molecule has 0 unspecified atom stereocenters. The molecule has 0 aliphatic heterocycles. The fourth-order valence-electron chi connectivity index (χ4n) is 5.20. The van der Waals surface area contributed by atoms with E-state index < -0.39 is 5.60 Å². The molecule has 4 aliphatic rings. The molecular formula is C18H31N3O2S. The zero-order chi connectivity index (χ0) is 17.4. The van der Waals surface area contributed by atoms with Crippen molar-refractivity contribution in [3.05, 3.63) is 0 Å². The van der Waals surface area contributed by atoms with Crippen LogP contribution >= 0.6 is 12.2 Å². The highest BCUT2D eigenvalue weighted by Gasteiger charge is 2.51. The maximum atomic E-state index is 11.6. The molecule has 4 bridgehead atoms. The first-order valence-electron chi connectivity index (χ1n) is 9.26. The number of thiocarbonyl (C=S) groups is 1. The molecule has 0 aromatic carbocycles. The maximum Gasteiger partial charge on any atom is 0.407 e. The maximum absolute atomic E-state index is 11.6. The number of alkyl carbamates (subject to hydrolysis) is 1. The largest absolute Gasteiger partial charge is 0.444 e. The Morgan fingerprint density at radius 3 is 2.04 bits per heavy atom. The molecule has 136 valence electrons. The fourth-order valence-corrected chi connectivity index (χ4v) is 5.52. The van der Waals surface area contributed by atoms with E-state index in [1.54, 1.807) is 0 Å². The molecule has 4 rings (SSSR count). The van der Waals surface area contributed by atoms with Crippen LogP contribution in [-0.4, -0.2) is 35.4 Å². The molecule has 4 aliphatic carbocycles. The Balaban J connectivity index is 1.37. The molecule has 0 aromatic heterocycles. The van der Waals surface area contributed by atoms with E-state index in [4.69, 9.17) is 17.0 Å². The summed E-state index contributed by atoms with van der Waals surface area (Å²) in [6, 6.07) is 0. The Kier molecular flexibility index (Phi) is 4.96. The minimum Gasteiger partial charge on any atom is -0.444 e. The standard InChI is InChI=1S/C18H31N3O2S/c1-17(2,3)23-16(22)20-5-4-19-15(24)21-18-9-12-6-13(10-18)8-14(7-12)11-18/h12-14H,4-11H2,1-3H3,(H,20,22)(H2,19,21,24). The topological polar surface area (TPSA) is 62.4 Å². The summed E-state index contributed by atoms with van der Waals surface area (Å²) in [6.45, 7) is 6.68. The highest BCUT2D eigenvalue weighted by Crippen LogP contribution is 2.55. The molecule has 0 atom stereocenters. The first-order chi connectivity index (χ1) is 11.2. The second-order valence-corrected chi connectivity index (χ2v) is 9.42. The van der Waals surface area contributed by atoms with E-state index >= 15 is 0 Å².